The zero-order chi connectivity index (χ0) is 39.8. The van der Waals surface area contributed by atoms with E-state index in [2.05, 4.69) is 0 Å². The van der Waals surface area contributed by atoms with Gasteiger partial charge < -0.3 is 0 Å². The summed E-state index contributed by atoms with van der Waals surface area (Å²) in [6.07, 6.45) is -83.1. The number of hydrogen-bond donors (Lipinski definition) is 0. The Balaban J connectivity index is 6.47. The average molecular weight is 802 g/mol. The zero-order valence-corrected chi connectivity index (χ0v) is 20.0. The smallest absolute Gasteiger partial charge is 0.243 e. The van der Waals surface area contributed by atoms with E-state index in [1.165, 1.54) is 0 Å². The second kappa shape index (κ2) is 11.6. The molecule has 0 aliphatic carbocycles. The van der Waals surface area contributed by atoms with Crippen molar-refractivity contribution in [1.82, 2.24) is 0 Å². The molecule has 0 atom stereocenters. The largest absolute Gasteiger partial charge is 0.460 e. The van der Waals surface area contributed by atoms with Crippen LogP contribution in [0.4, 0.5) is 132 Å². The number of rotatable bonds is 15. The van der Waals surface area contributed by atoms with Gasteiger partial charge in [-0.15, -0.1) is 0 Å². The van der Waals surface area contributed by atoms with E-state index in [4.69, 9.17) is 0 Å². The predicted molar refractivity (Wildman–Crippen MR) is 75.8 cm³/mol. The molecule has 290 valence electrons. The summed E-state index contributed by atoms with van der Waals surface area (Å²) in [5, 5.41) is 0. The van der Waals surface area contributed by atoms with Crippen LogP contribution in [0, 0.1) is 0 Å². The van der Waals surface area contributed by atoms with Crippen molar-refractivity contribution in [2.45, 2.75) is 84.9 Å². The zero-order valence-electron chi connectivity index (χ0n) is 20.0. The van der Waals surface area contributed by atoms with Crippen molar-refractivity contribution in [3.63, 3.8) is 0 Å². The van der Waals surface area contributed by atoms with Crippen molar-refractivity contribution in [2.24, 2.45) is 0 Å². The van der Waals surface area contributed by atoms with Gasteiger partial charge in [0.1, 0.15) is 0 Å². The third kappa shape index (κ3) is 7.57. The number of alkyl halides is 30. The third-order valence-corrected chi connectivity index (χ3v) is 4.27. The molecule has 0 rings (SSSR count). The second-order valence-corrected chi connectivity index (χ2v) is 7.84. The highest BCUT2D eigenvalue weighted by molar-refractivity contribution is 4.98. The monoisotopic (exact) mass is 802 g/mol. The molecule has 0 fully saturated rings. The second-order valence-electron chi connectivity index (χ2n) is 7.84. The van der Waals surface area contributed by atoms with Crippen LogP contribution in [0.5, 0.6) is 0 Å². The van der Waals surface area contributed by atoms with Crippen LogP contribution in [0.3, 0.4) is 0 Å². The van der Waals surface area contributed by atoms with Gasteiger partial charge in [0, 0.05) is 0 Å². The van der Waals surface area contributed by atoms with Crippen LogP contribution in [0.2, 0.25) is 0 Å². The van der Waals surface area contributed by atoms with Crippen LogP contribution < -0.4 is 0 Å². The van der Waals surface area contributed by atoms with E-state index in [0.29, 0.717) is 0 Å². The minimum atomic E-state index is -8.50. The molecule has 0 N–H and O–H groups in total. The van der Waals surface area contributed by atoms with Crippen molar-refractivity contribution in [3.05, 3.63) is 0 Å². The Bertz CT molecular complexity index is 1040. The number of ether oxygens (including phenoxy) is 4. The maximum atomic E-state index is 13.3. The fraction of sp³-hybridized carbons (Fsp3) is 1.00. The summed E-state index contributed by atoms with van der Waals surface area (Å²) in [6.45, 7) is 0. The van der Waals surface area contributed by atoms with Crippen molar-refractivity contribution in [1.29, 1.82) is 0 Å². The van der Waals surface area contributed by atoms with Crippen LogP contribution in [0.25, 0.3) is 0 Å². The molecule has 0 radical (unpaired) electrons. The van der Waals surface area contributed by atoms with Crippen molar-refractivity contribution < 1.29 is 151 Å². The first-order chi connectivity index (χ1) is 20.1. The number of halogens is 30. The van der Waals surface area contributed by atoms with Gasteiger partial charge in [0.2, 0.25) is 0 Å². The maximum absolute atomic E-state index is 13.3. The molecule has 0 aromatic carbocycles. The molecular weight excluding hydrogens is 802 g/mol. The van der Waals surface area contributed by atoms with E-state index in [1.54, 1.807) is 0 Å². The van der Waals surface area contributed by atoms with Crippen molar-refractivity contribution in [3.8, 4) is 0 Å². The Labute approximate surface area is 237 Å². The van der Waals surface area contributed by atoms with Gasteiger partial charge in [-0.05, 0) is 0 Å². The van der Waals surface area contributed by atoms with Gasteiger partial charge in [0.25, 0.3) is 0 Å². The molecule has 0 aromatic rings. The predicted octanol–water partition coefficient (Wildman–Crippen LogP) is 9.46. The van der Waals surface area contributed by atoms with Crippen LogP contribution in [0.1, 0.15) is 0 Å². The molecule has 0 aliphatic rings. The molecule has 0 unspecified atom stereocenters. The van der Waals surface area contributed by atoms with Gasteiger partial charge in [0.15, 0.2) is 0 Å². The van der Waals surface area contributed by atoms with Gasteiger partial charge in [-0.3, -0.25) is 0 Å². The molecule has 0 saturated carbocycles. The minimum Gasteiger partial charge on any atom is -0.243 e. The van der Waals surface area contributed by atoms with E-state index in [-0.39, 0.29) is 0 Å². The lowest BCUT2D eigenvalue weighted by atomic mass is 10.1. The van der Waals surface area contributed by atoms with Gasteiger partial charge in [-0.1, -0.05) is 0 Å². The van der Waals surface area contributed by atoms with E-state index < -0.39 is 84.9 Å². The summed E-state index contributed by atoms with van der Waals surface area (Å²) in [6, 6.07) is 0. The number of hydrogen-bond acceptors (Lipinski definition) is 4. The summed E-state index contributed by atoms with van der Waals surface area (Å²) in [4.78, 5) is 0. The van der Waals surface area contributed by atoms with Gasteiger partial charge in [0.05, 0.1) is 0 Å². The molecule has 0 aromatic heterocycles. The standard InChI is InChI=1S/C14F30O4/c15-1(16,5(23,24)25)3(19,20)7(29,30)45-9(33,34)11(37,38)47-13(41,42)14(43,44)48-12(39,40)10(35,36)46-8(31,32)4(21,22)2(17,18)6(26,27)28. The van der Waals surface area contributed by atoms with Crippen LogP contribution >= 0.6 is 0 Å². The molecule has 0 spiro atoms. The fourth-order valence-corrected chi connectivity index (χ4v) is 1.85. The lowest BCUT2D eigenvalue weighted by molar-refractivity contribution is -0.587. The topological polar surface area (TPSA) is 36.9 Å². The van der Waals surface area contributed by atoms with E-state index in [9.17, 15) is 132 Å². The van der Waals surface area contributed by atoms with Crippen LogP contribution in [-0.4, -0.2) is 84.9 Å². The Morgan fingerprint density at radius 3 is 0.417 bits per heavy atom. The SMILES string of the molecule is FC(F)(F)C(F)(F)C(F)(F)C(F)(F)OC(F)(F)C(F)(F)OC(F)(F)C(F)(F)OC(F)(F)C(F)(F)OC(F)(F)C(F)(F)C(F)(F)C(F)(F)F. The molecule has 0 amide bonds. The Morgan fingerprint density at radius 2 is 0.292 bits per heavy atom. The molecule has 4 nitrogen and oxygen atoms in total. The molecule has 0 saturated heterocycles. The molecule has 0 heterocycles. The molecular formula is C14F30O4. The first-order valence-corrected chi connectivity index (χ1v) is 9.55. The first-order valence-electron chi connectivity index (χ1n) is 9.55. The fourth-order valence-electron chi connectivity index (χ4n) is 1.85. The molecule has 34 heteroatoms. The van der Waals surface area contributed by atoms with Gasteiger partial charge >= 0.3 is 84.9 Å². The summed E-state index contributed by atoms with van der Waals surface area (Å²) in [5.41, 5.74) is 0. The van der Waals surface area contributed by atoms with Gasteiger partial charge in [-0.2, -0.15) is 132 Å². The normalized spacial score (nSPS) is 16.9. The maximum Gasteiger partial charge on any atom is 0.460 e. The van der Waals surface area contributed by atoms with Crippen molar-refractivity contribution >= 4 is 0 Å². The molecule has 0 aliphatic heterocycles. The van der Waals surface area contributed by atoms with E-state index in [1.807, 2.05) is 0 Å². The summed E-state index contributed by atoms with van der Waals surface area (Å²) in [7, 11) is 0. The highest BCUT2D eigenvalue weighted by Crippen LogP contribution is 2.58. The highest BCUT2D eigenvalue weighted by Gasteiger charge is 2.87. The van der Waals surface area contributed by atoms with E-state index >= 15 is 0 Å². The third-order valence-electron chi connectivity index (χ3n) is 4.27. The summed E-state index contributed by atoms with van der Waals surface area (Å²) in [5.74, 6) is -33.6. The average Bonchev–Trinajstić information content (AvgIpc) is 2.73. The Kier molecular flexibility index (Phi) is 11.1. The Morgan fingerprint density at radius 1 is 0.167 bits per heavy atom. The van der Waals surface area contributed by atoms with Gasteiger partial charge in [-0.25, -0.2) is 18.9 Å². The lowest BCUT2D eigenvalue weighted by Crippen LogP contribution is -2.66. The Hall–Kier alpha value is -2.26. The first kappa shape index (κ1) is 45.7. The highest BCUT2D eigenvalue weighted by atomic mass is 19.4. The lowest BCUT2D eigenvalue weighted by Gasteiger charge is -2.38. The summed E-state index contributed by atoms with van der Waals surface area (Å²) < 4.78 is 388. The summed E-state index contributed by atoms with van der Waals surface area (Å²) >= 11 is 0. The molecule has 48 heavy (non-hydrogen) atoms. The molecule has 0 bridgehead atoms. The van der Waals surface area contributed by atoms with Crippen LogP contribution in [-0.2, 0) is 18.9 Å². The van der Waals surface area contributed by atoms with Crippen molar-refractivity contribution in [2.75, 3.05) is 0 Å². The quantitative estimate of drug-likeness (QED) is 0.155. The van der Waals surface area contributed by atoms with E-state index in [0.717, 1.165) is 18.9 Å². The minimum absolute atomic E-state index is 0.914. The van der Waals surface area contributed by atoms with Crippen LogP contribution in [0.15, 0.2) is 0 Å².